The van der Waals surface area contributed by atoms with Crippen molar-refractivity contribution in [3.05, 3.63) is 51.7 Å². The number of nitrogens with zero attached hydrogens (tertiary/aromatic N) is 2. The molecule has 1 amide bonds. The van der Waals surface area contributed by atoms with Crippen molar-refractivity contribution in [1.82, 2.24) is 9.88 Å². The van der Waals surface area contributed by atoms with Crippen LogP contribution in [0.5, 0.6) is 0 Å². The lowest BCUT2D eigenvalue weighted by molar-refractivity contribution is 0.0747. The fraction of sp³-hybridized carbons (Fsp3) is 0.333. The van der Waals surface area contributed by atoms with E-state index < -0.39 is 0 Å². The van der Waals surface area contributed by atoms with Gasteiger partial charge in [0.25, 0.3) is 5.91 Å². The van der Waals surface area contributed by atoms with Gasteiger partial charge in [0.15, 0.2) is 0 Å². The van der Waals surface area contributed by atoms with Gasteiger partial charge in [-0.15, -0.1) is 23.7 Å². The molecule has 0 radical (unpaired) electrons. The molecule has 0 bridgehead atoms. The summed E-state index contributed by atoms with van der Waals surface area (Å²) in [5.74, 6) is -0.434. The minimum absolute atomic E-state index is 0. The Balaban J connectivity index is 0.00000242. The zero-order valence-electron chi connectivity index (χ0n) is 12.3. The second-order valence-electron chi connectivity index (χ2n) is 4.61. The van der Waals surface area contributed by atoms with Crippen molar-refractivity contribution < 1.29 is 9.18 Å². The summed E-state index contributed by atoms with van der Waals surface area (Å²) in [5, 5.41) is 2.62. The maximum atomic E-state index is 13.2. The maximum Gasteiger partial charge on any atom is 0.273 e. The molecule has 0 aliphatic rings. The van der Waals surface area contributed by atoms with Gasteiger partial charge in [-0.05, 0) is 31.2 Å². The minimum atomic E-state index is -0.296. The first-order chi connectivity index (χ1) is 10.1. The number of aromatic nitrogens is 1. The van der Waals surface area contributed by atoms with E-state index in [2.05, 4.69) is 4.98 Å². The average Bonchev–Trinajstić information content (AvgIpc) is 2.93. The molecule has 1 aromatic carbocycles. The smallest absolute Gasteiger partial charge is 0.273 e. The summed E-state index contributed by atoms with van der Waals surface area (Å²) < 4.78 is 13.2. The largest absolute Gasteiger partial charge is 0.333 e. The molecule has 0 unspecified atom stereocenters. The normalized spacial score (nSPS) is 10.1. The number of amides is 1. The minimum Gasteiger partial charge on any atom is -0.333 e. The van der Waals surface area contributed by atoms with Crippen LogP contribution in [0.4, 0.5) is 4.39 Å². The number of carbonyl (C=O) groups excluding carboxylic acids is 1. The number of thiazole rings is 1. The third-order valence-corrected chi connectivity index (χ3v) is 3.97. The number of rotatable bonds is 6. The molecule has 0 atom stereocenters. The molecular formula is C15H19ClFN3OS. The lowest BCUT2D eigenvalue weighted by Crippen LogP contribution is -2.30. The fourth-order valence-electron chi connectivity index (χ4n) is 1.99. The summed E-state index contributed by atoms with van der Waals surface area (Å²) in [5.41, 5.74) is 6.68. The molecule has 4 nitrogen and oxygen atoms in total. The summed E-state index contributed by atoms with van der Waals surface area (Å²) in [7, 11) is 0. The molecule has 2 N–H and O–H groups in total. The van der Waals surface area contributed by atoms with E-state index in [4.69, 9.17) is 5.73 Å². The molecule has 0 spiro atoms. The van der Waals surface area contributed by atoms with E-state index in [1.165, 1.54) is 23.5 Å². The molecule has 7 heteroatoms. The predicted molar refractivity (Wildman–Crippen MR) is 88.9 cm³/mol. The van der Waals surface area contributed by atoms with Gasteiger partial charge in [0.2, 0.25) is 0 Å². The highest BCUT2D eigenvalue weighted by Crippen LogP contribution is 2.14. The Labute approximate surface area is 139 Å². The van der Waals surface area contributed by atoms with Crippen molar-refractivity contribution >= 4 is 29.7 Å². The van der Waals surface area contributed by atoms with Crippen molar-refractivity contribution in [3.8, 4) is 0 Å². The zero-order valence-corrected chi connectivity index (χ0v) is 13.9. The Kier molecular flexibility index (Phi) is 7.44. The Morgan fingerprint density at radius 1 is 1.45 bits per heavy atom. The van der Waals surface area contributed by atoms with Crippen LogP contribution in [0.2, 0.25) is 0 Å². The van der Waals surface area contributed by atoms with E-state index in [0.29, 0.717) is 31.7 Å². The highest BCUT2D eigenvalue weighted by Gasteiger charge is 2.17. The second kappa shape index (κ2) is 8.82. The van der Waals surface area contributed by atoms with Crippen LogP contribution in [0.1, 0.15) is 28.0 Å². The van der Waals surface area contributed by atoms with Crippen LogP contribution in [0.3, 0.4) is 0 Å². The van der Waals surface area contributed by atoms with Gasteiger partial charge >= 0.3 is 0 Å². The topological polar surface area (TPSA) is 59.2 Å². The number of hydrogen-bond acceptors (Lipinski definition) is 4. The first-order valence-corrected chi connectivity index (χ1v) is 7.70. The van der Waals surface area contributed by atoms with Gasteiger partial charge in [-0.25, -0.2) is 9.37 Å². The lowest BCUT2D eigenvalue weighted by atomic mass is 10.2. The number of hydrogen-bond donors (Lipinski definition) is 1. The molecule has 2 aromatic rings. The van der Waals surface area contributed by atoms with Crippen LogP contribution in [0.15, 0.2) is 29.6 Å². The summed E-state index contributed by atoms with van der Waals surface area (Å²) in [6, 6.07) is 6.28. The molecule has 1 aromatic heterocycles. The van der Waals surface area contributed by atoms with Crippen LogP contribution in [-0.2, 0) is 13.0 Å². The molecule has 1 heterocycles. The van der Waals surface area contributed by atoms with Crippen LogP contribution in [-0.4, -0.2) is 28.9 Å². The Hall–Kier alpha value is -1.50. The highest BCUT2D eigenvalue weighted by atomic mass is 35.5. The van der Waals surface area contributed by atoms with Gasteiger partial charge in [0.05, 0.1) is 5.01 Å². The lowest BCUT2D eigenvalue weighted by Gasteiger charge is -2.20. The van der Waals surface area contributed by atoms with Crippen LogP contribution in [0, 0.1) is 5.82 Å². The van der Waals surface area contributed by atoms with Crippen molar-refractivity contribution in [2.75, 3.05) is 13.1 Å². The molecule has 0 saturated carbocycles. The molecule has 0 fully saturated rings. The molecule has 120 valence electrons. The monoisotopic (exact) mass is 343 g/mol. The Bertz CT molecular complexity index is 620. The molecule has 0 aliphatic heterocycles. The predicted octanol–water partition coefficient (Wildman–Crippen LogP) is 2.87. The second-order valence-corrected chi connectivity index (χ2v) is 5.56. The van der Waals surface area contributed by atoms with Gasteiger partial charge in [-0.3, -0.25) is 4.79 Å². The van der Waals surface area contributed by atoms with Crippen molar-refractivity contribution in [2.24, 2.45) is 5.73 Å². The molecule has 2 rings (SSSR count). The van der Waals surface area contributed by atoms with E-state index in [1.54, 1.807) is 22.4 Å². The Morgan fingerprint density at radius 3 is 2.86 bits per heavy atom. The molecule has 0 aliphatic carbocycles. The average molecular weight is 344 g/mol. The third kappa shape index (κ3) is 4.76. The van der Waals surface area contributed by atoms with Gasteiger partial charge in [-0.2, -0.15) is 0 Å². The Morgan fingerprint density at radius 2 is 2.23 bits per heavy atom. The fourth-order valence-corrected chi connectivity index (χ4v) is 2.78. The van der Waals surface area contributed by atoms with Gasteiger partial charge in [-0.1, -0.05) is 12.1 Å². The molecule has 0 saturated heterocycles. The van der Waals surface area contributed by atoms with Crippen LogP contribution < -0.4 is 5.73 Å². The zero-order chi connectivity index (χ0) is 15.2. The van der Waals surface area contributed by atoms with Crippen molar-refractivity contribution in [3.63, 3.8) is 0 Å². The third-order valence-electron chi connectivity index (χ3n) is 3.06. The van der Waals surface area contributed by atoms with E-state index in [-0.39, 0.29) is 24.1 Å². The number of halogens is 2. The number of carbonyl (C=O) groups is 1. The van der Waals surface area contributed by atoms with E-state index in [0.717, 1.165) is 10.6 Å². The SMILES string of the molecule is CCN(Cc1cccc(F)c1)C(=O)c1csc(CCN)n1.Cl. The van der Waals surface area contributed by atoms with Crippen LogP contribution in [0.25, 0.3) is 0 Å². The van der Waals surface area contributed by atoms with Crippen LogP contribution >= 0.6 is 23.7 Å². The summed E-state index contributed by atoms with van der Waals surface area (Å²) in [6.45, 7) is 3.32. The molecular weight excluding hydrogens is 325 g/mol. The van der Waals surface area contributed by atoms with Crippen molar-refractivity contribution in [1.29, 1.82) is 0 Å². The standard InChI is InChI=1S/C15H18FN3OS.ClH/c1-2-19(9-11-4-3-5-12(16)8-11)15(20)13-10-21-14(18-13)6-7-17;/h3-5,8,10H,2,6-7,9,17H2,1H3;1H. The van der Waals surface area contributed by atoms with Crippen molar-refractivity contribution in [2.45, 2.75) is 19.9 Å². The van der Waals surface area contributed by atoms with E-state index in [1.807, 2.05) is 6.92 Å². The van der Waals surface area contributed by atoms with Gasteiger partial charge in [0.1, 0.15) is 11.5 Å². The summed E-state index contributed by atoms with van der Waals surface area (Å²) >= 11 is 1.44. The maximum absolute atomic E-state index is 13.2. The quantitative estimate of drug-likeness (QED) is 0.877. The van der Waals surface area contributed by atoms with Gasteiger partial charge in [0, 0.05) is 24.9 Å². The van der Waals surface area contributed by atoms with Gasteiger partial charge < -0.3 is 10.6 Å². The number of nitrogens with two attached hydrogens (primary N) is 1. The molecule has 22 heavy (non-hydrogen) atoms. The number of benzene rings is 1. The van der Waals surface area contributed by atoms with E-state index >= 15 is 0 Å². The summed E-state index contributed by atoms with van der Waals surface area (Å²) in [6.07, 6.45) is 0.675. The highest BCUT2D eigenvalue weighted by molar-refractivity contribution is 7.09. The summed E-state index contributed by atoms with van der Waals surface area (Å²) in [4.78, 5) is 18.4. The van der Waals surface area contributed by atoms with E-state index in [9.17, 15) is 9.18 Å². The first kappa shape index (κ1) is 18.5. The first-order valence-electron chi connectivity index (χ1n) is 6.82.